The van der Waals surface area contributed by atoms with E-state index in [4.69, 9.17) is 0 Å². The second-order valence-electron chi connectivity index (χ2n) is 4.48. The normalized spacial score (nSPS) is 29.9. The first-order valence-corrected chi connectivity index (χ1v) is 7.22. The SMILES string of the molecule is CC1C(=O)NCCN1C(=O)CC1CSCCN1. The lowest BCUT2D eigenvalue weighted by Crippen LogP contribution is -2.56. The van der Waals surface area contributed by atoms with Crippen molar-refractivity contribution in [2.75, 3.05) is 31.1 Å². The molecule has 2 aliphatic heterocycles. The van der Waals surface area contributed by atoms with E-state index in [2.05, 4.69) is 10.6 Å². The predicted octanol–water partition coefficient (Wildman–Crippen LogP) is -0.572. The topological polar surface area (TPSA) is 61.4 Å². The first kappa shape index (κ1) is 12.7. The van der Waals surface area contributed by atoms with Gasteiger partial charge in [0.05, 0.1) is 0 Å². The molecule has 96 valence electrons. The van der Waals surface area contributed by atoms with Crippen molar-refractivity contribution in [1.82, 2.24) is 15.5 Å². The van der Waals surface area contributed by atoms with Crippen molar-refractivity contribution in [3.63, 3.8) is 0 Å². The van der Waals surface area contributed by atoms with Gasteiger partial charge in [-0.3, -0.25) is 9.59 Å². The molecule has 0 radical (unpaired) electrons. The average Bonchev–Trinajstić information content (AvgIpc) is 2.34. The fourth-order valence-electron chi connectivity index (χ4n) is 2.20. The average molecular weight is 257 g/mol. The third kappa shape index (κ3) is 3.13. The Morgan fingerprint density at radius 1 is 1.53 bits per heavy atom. The number of rotatable bonds is 2. The van der Waals surface area contributed by atoms with Crippen molar-refractivity contribution in [1.29, 1.82) is 0 Å². The van der Waals surface area contributed by atoms with Crippen LogP contribution in [-0.4, -0.2) is 59.9 Å². The minimum Gasteiger partial charge on any atom is -0.353 e. The minimum absolute atomic E-state index is 0.0458. The third-order valence-electron chi connectivity index (χ3n) is 3.24. The largest absolute Gasteiger partial charge is 0.353 e. The van der Waals surface area contributed by atoms with Crippen LogP contribution in [0.3, 0.4) is 0 Å². The number of thioether (sulfide) groups is 1. The molecule has 0 bridgehead atoms. The summed E-state index contributed by atoms with van der Waals surface area (Å²) in [5, 5.41) is 6.11. The monoisotopic (exact) mass is 257 g/mol. The lowest BCUT2D eigenvalue weighted by Gasteiger charge is -2.34. The quantitative estimate of drug-likeness (QED) is 0.695. The number of carbonyl (C=O) groups is 2. The number of piperazine rings is 1. The van der Waals surface area contributed by atoms with Crippen LogP contribution in [0, 0.1) is 0 Å². The van der Waals surface area contributed by atoms with Gasteiger partial charge in [0.2, 0.25) is 11.8 Å². The van der Waals surface area contributed by atoms with Crippen molar-refractivity contribution >= 4 is 23.6 Å². The highest BCUT2D eigenvalue weighted by Crippen LogP contribution is 2.13. The van der Waals surface area contributed by atoms with E-state index in [1.165, 1.54) is 0 Å². The summed E-state index contributed by atoms with van der Waals surface area (Å²) in [5.41, 5.74) is 0. The maximum atomic E-state index is 12.1. The van der Waals surface area contributed by atoms with Crippen LogP contribution in [0.1, 0.15) is 13.3 Å². The summed E-state index contributed by atoms with van der Waals surface area (Å²) in [5.74, 6) is 2.15. The van der Waals surface area contributed by atoms with Crippen LogP contribution in [0.15, 0.2) is 0 Å². The summed E-state index contributed by atoms with van der Waals surface area (Å²) in [4.78, 5) is 25.3. The standard InChI is InChI=1S/C11H19N3O2S/c1-8-11(16)13-2-4-14(8)10(15)6-9-7-17-5-3-12-9/h8-9,12H,2-7H2,1H3,(H,13,16). The summed E-state index contributed by atoms with van der Waals surface area (Å²) in [6.45, 7) is 3.96. The van der Waals surface area contributed by atoms with Crippen LogP contribution < -0.4 is 10.6 Å². The molecule has 17 heavy (non-hydrogen) atoms. The van der Waals surface area contributed by atoms with E-state index in [1.54, 1.807) is 11.8 Å². The molecule has 2 aliphatic rings. The second kappa shape index (κ2) is 5.73. The Bertz CT molecular complexity index is 305. The molecule has 0 aliphatic carbocycles. The van der Waals surface area contributed by atoms with Gasteiger partial charge in [0, 0.05) is 43.6 Å². The first-order valence-electron chi connectivity index (χ1n) is 6.07. The van der Waals surface area contributed by atoms with E-state index >= 15 is 0 Å². The fourth-order valence-corrected chi connectivity index (χ4v) is 3.15. The lowest BCUT2D eigenvalue weighted by molar-refractivity contribution is -0.142. The van der Waals surface area contributed by atoms with Crippen molar-refractivity contribution in [2.45, 2.75) is 25.4 Å². The summed E-state index contributed by atoms with van der Waals surface area (Å²) < 4.78 is 0. The summed E-state index contributed by atoms with van der Waals surface area (Å²) >= 11 is 1.88. The van der Waals surface area contributed by atoms with Crippen LogP contribution in [0.4, 0.5) is 0 Å². The van der Waals surface area contributed by atoms with E-state index in [0.29, 0.717) is 19.5 Å². The molecule has 2 rings (SSSR count). The van der Waals surface area contributed by atoms with Crippen LogP contribution in [-0.2, 0) is 9.59 Å². The van der Waals surface area contributed by atoms with Crippen molar-refractivity contribution in [3.8, 4) is 0 Å². The Morgan fingerprint density at radius 3 is 3.06 bits per heavy atom. The predicted molar refractivity (Wildman–Crippen MR) is 67.9 cm³/mol. The van der Waals surface area contributed by atoms with E-state index in [0.717, 1.165) is 18.1 Å². The number of nitrogens with one attached hydrogen (secondary N) is 2. The van der Waals surface area contributed by atoms with Crippen LogP contribution in [0.2, 0.25) is 0 Å². The van der Waals surface area contributed by atoms with Crippen molar-refractivity contribution in [3.05, 3.63) is 0 Å². The van der Waals surface area contributed by atoms with Gasteiger partial charge in [-0.15, -0.1) is 0 Å². The zero-order valence-electron chi connectivity index (χ0n) is 10.1. The molecule has 6 heteroatoms. The maximum Gasteiger partial charge on any atom is 0.242 e. The zero-order chi connectivity index (χ0) is 12.3. The van der Waals surface area contributed by atoms with Gasteiger partial charge in [-0.25, -0.2) is 0 Å². The molecule has 2 N–H and O–H groups in total. The Kier molecular flexibility index (Phi) is 4.28. The summed E-state index contributed by atoms with van der Waals surface area (Å²) in [6, 6.07) is -0.0640. The highest BCUT2D eigenvalue weighted by molar-refractivity contribution is 7.99. The molecular formula is C11H19N3O2S. The smallest absolute Gasteiger partial charge is 0.242 e. The van der Waals surface area contributed by atoms with Crippen LogP contribution in [0.5, 0.6) is 0 Å². The Balaban J connectivity index is 1.87. The van der Waals surface area contributed by atoms with Gasteiger partial charge in [-0.05, 0) is 6.92 Å². The van der Waals surface area contributed by atoms with Crippen LogP contribution >= 0.6 is 11.8 Å². The number of nitrogens with zero attached hydrogens (tertiary/aromatic N) is 1. The number of carbonyl (C=O) groups excluding carboxylic acids is 2. The lowest BCUT2D eigenvalue weighted by atomic mass is 10.1. The molecule has 5 nitrogen and oxygen atoms in total. The highest BCUT2D eigenvalue weighted by atomic mass is 32.2. The number of hydrogen-bond acceptors (Lipinski definition) is 4. The minimum atomic E-state index is -0.326. The second-order valence-corrected chi connectivity index (χ2v) is 5.63. The van der Waals surface area contributed by atoms with Gasteiger partial charge in [-0.1, -0.05) is 0 Å². The summed E-state index contributed by atoms with van der Waals surface area (Å²) in [7, 11) is 0. The van der Waals surface area contributed by atoms with E-state index in [9.17, 15) is 9.59 Å². The molecule has 0 aromatic carbocycles. The van der Waals surface area contributed by atoms with Gasteiger partial charge in [-0.2, -0.15) is 11.8 Å². The van der Waals surface area contributed by atoms with Gasteiger partial charge in [0.15, 0.2) is 0 Å². The van der Waals surface area contributed by atoms with Crippen LogP contribution in [0.25, 0.3) is 0 Å². The molecule has 2 heterocycles. The Hall–Kier alpha value is -0.750. The van der Waals surface area contributed by atoms with Crippen molar-refractivity contribution in [2.24, 2.45) is 0 Å². The molecule has 0 aromatic heterocycles. The highest BCUT2D eigenvalue weighted by Gasteiger charge is 2.30. The maximum absolute atomic E-state index is 12.1. The van der Waals surface area contributed by atoms with Gasteiger partial charge < -0.3 is 15.5 Å². The Labute approximate surface area is 106 Å². The Morgan fingerprint density at radius 2 is 2.35 bits per heavy atom. The molecular weight excluding hydrogens is 238 g/mol. The number of amides is 2. The molecule has 2 saturated heterocycles. The molecule has 2 unspecified atom stereocenters. The third-order valence-corrected chi connectivity index (χ3v) is 4.37. The molecule has 2 fully saturated rings. The van der Waals surface area contributed by atoms with Crippen molar-refractivity contribution < 1.29 is 9.59 Å². The molecule has 2 atom stereocenters. The molecule has 0 saturated carbocycles. The van der Waals surface area contributed by atoms with E-state index in [-0.39, 0.29) is 23.9 Å². The van der Waals surface area contributed by atoms with E-state index < -0.39 is 0 Å². The summed E-state index contributed by atoms with van der Waals surface area (Å²) in [6.07, 6.45) is 0.505. The number of hydrogen-bond donors (Lipinski definition) is 2. The van der Waals surface area contributed by atoms with Gasteiger partial charge >= 0.3 is 0 Å². The van der Waals surface area contributed by atoms with Gasteiger partial charge in [0.25, 0.3) is 0 Å². The zero-order valence-corrected chi connectivity index (χ0v) is 10.9. The first-order chi connectivity index (χ1) is 8.18. The molecule has 0 aromatic rings. The van der Waals surface area contributed by atoms with Gasteiger partial charge in [0.1, 0.15) is 6.04 Å². The fraction of sp³-hybridized carbons (Fsp3) is 0.818. The molecule has 0 spiro atoms. The molecule has 2 amide bonds. The van der Waals surface area contributed by atoms with E-state index in [1.807, 2.05) is 11.8 Å².